The van der Waals surface area contributed by atoms with E-state index in [1.165, 1.54) is 11.8 Å². The van der Waals surface area contributed by atoms with Crippen molar-refractivity contribution < 1.29 is 9.53 Å². The highest BCUT2D eigenvalue weighted by Crippen LogP contribution is 2.24. The van der Waals surface area contributed by atoms with Gasteiger partial charge < -0.3 is 4.74 Å². The summed E-state index contributed by atoms with van der Waals surface area (Å²) in [5, 5.41) is 13.4. The second-order valence-electron chi connectivity index (χ2n) is 3.34. The third-order valence-electron chi connectivity index (χ3n) is 2.35. The Balaban J connectivity index is 2.70. The zero-order chi connectivity index (χ0) is 12.4. The lowest BCUT2D eigenvalue weighted by Crippen LogP contribution is -2.02. The normalized spacial score (nSPS) is 10.2. The molecule has 5 nitrogen and oxygen atoms in total. The van der Waals surface area contributed by atoms with E-state index in [4.69, 9.17) is 10.00 Å². The molecule has 0 amide bonds. The van der Waals surface area contributed by atoms with Gasteiger partial charge in [0.15, 0.2) is 0 Å². The molecule has 86 valence electrons. The first-order valence-corrected chi connectivity index (χ1v) is 5.57. The average molecular weight is 294 g/mol. The fraction of sp³-hybridized carbons (Fsp3) is 0.182. The summed E-state index contributed by atoms with van der Waals surface area (Å²) in [5.74, 6) is -0.423. The molecule has 0 N–H and O–H groups in total. The van der Waals surface area contributed by atoms with Crippen molar-refractivity contribution in [3.63, 3.8) is 0 Å². The van der Waals surface area contributed by atoms with Gasteiger partial charge in [-0.15, -0.1) is 0 Å². The smallest absolute Gasteiger partial charge is 0.338 e. The van der Waals surface area contributed by atoms with Gasteiger partial charge in [0, 0.05) is 9.86 Å². The number of carbonyl (C=O) groups excluding carboxylic acids is 1. The highest BCUT2D eigenvalue weighted by molar-refractivity contribution is 9.10. The van der Waals surface area contributed by atoms with Crippen LogP contribution in [0.15, 0.2) is 22.8 Å². The maximum absolute atomic E-state index is 11.6. The highest BCUT2D eigenvalue weighted by Gasteiger charge is 2.14. The van der Waals surface area contributed by atoms with Gasteiger partial charge in [-0.3, -0.25) is 4.68 Å². The van der Waals surface area contributed by atoms with Crippen molar-refractivity contribution in [2.45, 2.75) is 6.54 Å². The van der Waals surface area contributed by atoms with E-state index in [0.717, 1.165) is 9.99 Å². The molecule has 0 aliphatic heterocycles. The number of nitriles is 1. The third-order valence-corrected chi connectivity index (χ3v) is 2.81. The van der Waals surface area contributed by atoms with Crippen LogP contribution in [0.4, 0.5) is 0 Å². The van der Waals surface area contributed by atoms with Crippen molar-refractivity contribution in [2.75, 3.05) is 7.11 Å². The molecular formula is C11H8BrN3O2. The Bertz CT molecular complexity index is 627. The zero-order valence-electron chi connectivity index (χ0n) is 8.98. The number of aromatic nitrogens is 2. The summed E-state index contributed by atoms with van der Waals surface area (Å²) in [5.41, 5.74) is 1.15. The van der Waals surface area contributed by atoms with Gasteiger partial charge in [0.05, 0.1) is 30.5 Å². The number of benzene rings is 1. The molecule has 0 saturated carbocycles. The lowest BCUT2D eigenvalue weighted by Gasteiger charge is -2.03. The molecule has 1 heterocycles. The Hall–Kier alpha value is -1.87. The second-order valence-corrected chi connectivity index (χ2v) is 4.25. The number of fused-ring (bicyclic) bond motifs is 1. The van der Waals surface area contributed by atoms with E-state index in [9.17, 15) is 4.79 Å². The minimum Gasteiger partial charge on any atom is -0.465 e. The van der Waals surface area contributed by atoms with Gasteiger partial charge in [-0.25, -0.2) is 4.79 Å². The van der Waals surface area contributed by atoms with E-state index in [0.29, 0.717) is 10.9 Å². The molecule has 0 radical (unpaired) electrons. The molecule has 0 saturated heterocycles. The van der Waals surface area contributed by atoms with Crippen LogP contribution >= 0.6 is 15.9 Å². The maximum Gasteiger partial charge on any atom is 0.338 e. The molecule has 0 bridgehead atoms. The topological polar surface area (TPSA) is 67.9 Å². The SMILES string of the molecule is COC(=O)c1cc(Br)cc2c1cnn2CC#N. The van der Waals surface area contributed by atoms with E-state index in [1.54, 1.807) is 12.3 Å². The predicted octanol–water partition coefficient (Wildman–Crippen LogP) is 2.11. The van der Waals surface area contributed by atoms with Crippen LogP contribution in [-0.2, 0) is 11.3 Å². The van der Waals surface area contributed by atoms with Gasteiger partial charge in [-0.1, -0.05) is 15.9 Å². The second kappa shape index (κ2) is 4.55. The first-order valence-electron chi connectivity index (χ1n) is 4.77. The molecule has 1 aromatic heterocycles. The van der Waals surface area contributed by atoms with Crippen LogP contribution in [0.2, 0.25) is 0 Å². The first-order chi connectivity index (χ1) is 8.17. The van der Waals surface area contributed by atoms with Crippen LogP contribution in [-0.4, -0.2) is 22.9 Å². The molecule has 17 heavy (non-hydrogen) atoms. The van der Waals surface area contributed by atoms with E-state index in [2.05, 4.69) is 21.0 Å². The van der Waals surface area contributed by atoms with Crippen LogP contribution in [0.1, 0.15) is 10.4 Å². The molecule has 0 aliphatic rings. The van der Waals surface area contributed by atoms with Crippen molar-refractivity contribution >= 4 is 32.8 Å². The van der Waals surface area contributed by atoms with Gasteiger partial charge in [0.25, 0.3) is 0 Å². The minimum absolute atomic E-state index is 0.139. The Kier molecular flexibility index (Phi) is 3.11. The Morgan fingerprint density at radius 1 is 1.65 bits per heavy atom. The fourth-order valence-electron chi connectivity index (χ4n) is 1.61. The number of hydrogen-bond donors (Lipinski definition) is 0. The summed E-state index contributed by atoms with van der Waals surface area (Å²) in [7, 11) is 1.33. The number of carbonyl (C=O) groups is 1. The molecular weight excluding hydrogens is 286 g/mol. The lowest BCUT2D eigenvalue weighted by atomic mass is 10.1. The van der Waals surface area contributed by atoms with Crippen molar-refractivity contribution in [3.05, 3.63) is 28.4 Å². The number of ether oxygens (including phenoxy) is 1. The number of esters is 1. The number of hydrogen-bond acceptors (Lipinski definition) is 4. The van der Waals surface area contributed by atoms with Crippen LogP contribution < -0.4 is 0 Å². The zero-order valence-corrected chi connectivity index (χ0v) is 10.6. The molecule has 6 heteroatoms. The van der Waals surface area contributed by atoms with E-state index in [1.807, 2.05) is 12.1 Å². The fourth-order valence-corrected chi connectivity index (χ4v) is 2.06. The van der Waals surface area contributed by atoms with E-state index in [-0.39, 0.29) is 6.54 Å². The van der Waals surface area contributed by atoms with Crippen LogP contribution in [0.3, 0.4) is 0 Å². The molecule has 2 rings (SSSR count). The van der Waals surface area contributed by atoms with E-state index >= 15 is 0 Å². The van der Waals surface area contributed by atoms with Crippen molar-refractivity contribution in [1.82, 2.24) is 9.78 Å². The summed E-state index contributed by atoms with van der Waals surface area (Å²) < 4.78 is 6.98. The molecule has 0 unspecified atom stereocenters. The van der Waals surface area contributed by atoms with Gasteiger partial charge in [0.2, 0.25) is 0 Å². The van der Waals surface area contributed by atoms with Gasteiger partial charge in [-0.2, -0.15) is 10.4 Å². The quantitative estimate of drug-likeness (QED) is 0.795. The molecule has 0 atom stereocenters. The first kappa shape index (κ1) is 11.6. The monoisotopic (exact) mass is 293 g/mol. The Labute approximate surface area is 106 Å². The third kappa shape index (κ3) is 2.01. The summed E-state index contributed by atoms with van der Waals surface area (Å²) in [6, 6.07) is 5.50. The Morgan fingerprint density at radius 3 is 3.06 bits per heavy atom. The van der Waals surface area contributed by atoms with Gasteiger partial charge in [0.1, 0.15) is 6.54 Å². The molecule has 2 aromatic rings. The summed E-state index contributed by atoms with van der Waals surface area (Å²) in [4.78, 5) is 11.6. The maximum atomic E-state index is 11.6. The van der Waals surface area contributed by atoms with Crippen molar-refractivity contribution in [1.29, 1.82) is 5.26 Å². The summed E-state index contributed by atoms with van der Waals surface area (Å²) in [6.07, 6.45) is 1.56. The van der Waals surface area contributed by atoms with Gasteiger partial charge >= 0.3 is 5.97 Å². The van der Waals surface area contributed by atoms with Gasteiger partial charge in [-0.05, 0) is 12.1 Å². The van der Waals surface area contributed by atoms with Crippen LogP contribution in [0.25, 0.3) is 10.9 Å². The predicted molar refractivity (Wildman–Crippen MR) is 64.4 cm³/mol. The molecule has 0 aliphatic carbocycles. The number of halogens is 1. The number of methoxy groups -OCH3 is 1. The standard InChI is InChI=1S/C11H8BrN3O2/c1-17-11(16)8-4-7(12)5-10-9(8)6-14-15(10)3-2-13/h4-6H,3H2,1H3. The van der Waals surface area contributed by atoms with Crippen molar-refractivity contribution in [3.8, 4) is 6.07 Å². The molecule has 0 fully saturated rings. The van der Waals surface area contributed by atoms with Crippen molar-refractivity contribution in [2.24, 2.45) is 0 Å². The van der Waals surface area contributed by atoms with E-state index < -0.39 is 5.97 Å². The number of nitrogens with zero attached hydrogens (tertiary/aromatic N) is 3. The van der Waals surface area contributed by atoms with Crippen LogP contribution in [0.5, 0.6) is 0 Å². The Morgan fingerprint density at radius 2 is 2.41 bits per heavy atom. The summed E-state index contributed by atoms with van der Waals surface area (Å²) in [6.45, 7) is 0.139. The highest BCUT2D eigenvalue weighted by atomic mass is 79.9. The molecule has 1 aromatic carbocycles. The molecule has 0 spiro atoms. The largest absolute Gasteiger partial charge is 0.465 e. The number of rotatable bonds is 2. The lowest BCUT2D eigenvalue weighted by molar-refractivity contribution is 0.0603. The van der Waals surface area contributed by atoms with Crippen LogP contribution in [0, 0.1) is 11.3 Å². The average Bonchev–Trinajstić information content (AvgIpc) is 2.71. The summed E-state index contributed by atoms with van der Waals surface area (Å²) >= 11 is 3.32. The minimum atomic E-state index is -0.423.